The SMILES string of the molecule is Cc1nc(CCNC(C)C)sc1CC(=O)O. The third kappa shape index (κ3) is 4.28. The predicted octanol–water partition coefficient (Wildman–Crippen LogP) is 1.62. The van der Waals surface area contributed by atoms with Crippen LogP contribution in [0.5, 0.6) is 0 Å². The van der Waals surface area contributed by atoms with Crippen molar-refractivity contribution in [3.8, 4) is 0 Å². The first-order chi connectivity index (χ1) is 7.49. The number of hydrogen-bond acceptors (Lipinski definition) is 4. The fourth-order valence-corrected chi connectivity index (χ4v) is 2.42. The van der Waals surface area contributed by atoms with E-state index in [1.54, 1.807) is 0 Å². The fourth-order valence-electron chi connectivity index (χ4n) is 1.36. The second-order valence-corrected chi connectivity index (χ2v) is 5.21. The van der Waals surface area contributed by atoms with E-state index >= 15 is 0 Å². The fraction of sp³-hybridized carbons (Fsp3) is 0.636. The molecule has 5 heteroatoms. The molecule has 90 valence electrons. The van der Waals surface area contributed by atoms with Crippen molar-refractivity contribution in [1.29, 1.82) is 0 Å². The lowest BCUT2D eigenvalue weighted by molar-refractivity contribution is -0.136. The van der Waals surface area contributed by atoms with Gasteiger partial charge in [0.15, 0.2) is 0 Å². The number of carbonyl (C=O) groups is 1. The highest BCUT2D eigenvalue weighted by Gasteiger charge is 2.10. The topological polar surface area (TPSA) is 62.2 Å². The summed E-state index contributed by atoms with van der Waals surface area (Å²) in [5.41, 5.74) is 0.854. The highest BCUT2D eigenvalue weighted by atomic mass is 32.1. The van der Waals surface area contributed by atoms with E-state index < -0.39 is 5.97 Å². The predicted molar refractivity (Wildman–Crippen MR) is 65.0 cm³/mol. The van der Waals surface area contributed by atoms with E-state index in [0.29, 0.717) is 6.04 Å². The summed E-state index contributed by atoms with van der Waals surface area (Å²) in [4.78, 5) is 15.8. The normalized spacial score (nSPS) is 11.0. The van der Waals surface area contributed by atoms with Crippen LogP contribution in [0.2, 0.25) is 0 Å². The van der Waals surface area contributed by atoms with Crippen LogP contribution in [0, 0.1) is 6.92 Å². The number of nitrogens with zero attached hydrogens (tertiary/aromatic N) is 1. The zero-order chi connectivity index (χ0) is 12.1. The summed E-state index contributed by atoms with van der Waals surface area (Å²) >= 11 is 1.51. The molecular weight excluding hydrogens is 224 g/mol. The monoisotopic (exact) mass is 242 g/mol. The Bertz CT molecular complexity index is 361. The minimum Gasteiger partial charge on any atom is -0.481 e. The van der Waals surface area contributed by atoms with Crippen molar-refractivity contribution in [2.75, 3.05) is 6.54 Å². The van der Waals surface area contributed by atoms with Crippen LogP contribution in [0.1, 0.15) is 29.4 Å². The summed E-state index contributed by atoms with van der Waals surface area (Å²) in [5.74, 6) is -0.793. The molecule has 0 amide bonds. The van der Waals surface area contributed by atoms with Gasteiger partial charge in [-0.1, -0.05) is 13.8 Å². The highest BCUT2D eigenvalue weighted by molar-refractivity contribution is 7.11. The number of nitrogens with one attached hydrogen (secondary N) is 1. The Morgan fingerprint density at radius 2 is 2.25 bits per heavy atom. The van der Waals surface area contributed by atoms with Crippen molar-refractivity contribution in [2.45, 2.75) is 39.7 Å². The molecule has 0 aliphatic heterocycles. The van der Waals surface area contributed by atoms with Crippen LogP contribution in [0.4, 0.5) is 0 Å². The molecule has 0 atom stereocenters. The summed E-state index contributed by atoms with van der Waals surface area (Å²) < 4.78 is 0. The summed E-state index contributed by atoms with van der Waals surface area (Å²) in [7, 11) is 0. The smallest absolute Gasteiger partial charge is 0.308 e. The molecule has 0 bridgehead atoms. The number of aryl methyl sites for hydroxylation is 1. The molecule has 1 heterocycles. The Kier molecular flexibility index (Phi) is 4.89. The van der Waals surface area contributed by atoms with Crippen LogP contribution in [0.3, 0.4) is 0 Å². The van der Waals surface area contributed by atoms with Crippen LogP contribution in [0.25, 0.3) is 0 Å². The van der Waals surface area contributed by atoms with E-state index in [9.17, 15) is 4.79 Å². The lowest BCUT2D eigenvalue weighted by Crippen LogP contribution is -2.24. The van der Waals surface area contributed by atoms with Crippen molar-refractivity contribution in [1.82, 2.24) is 10.3 Å². The lowest BCUT2D eigenvalue weighted by Gasteiger charge is -2.05. The van der Waals surface area contributed by atoms with Crippen LogP contribution in [-0.2, 0) is 17.6 Å². The average Bonchev–Trinajstić information content (AvgIpc) is 2.45. The molecule has 16 heavy (non-hydrogen) atoms. The van der Waals surface area contributed by atoms with Gasteiger partial charge in [-0.3, -0.25) is 4.79 Å². The number of aromatic nitrogens is 1. The van der Waals surface area contributed by atoms with Gasteiger partial charge in [0, 0.05) is 23.9 Å². The highest BCUT2D eigenvalue weighted by Crippen LogP contribution is 2.18. The van der Waals surface area contributed by atoms with E-state index in [1.807, 2.05) is 6.92 Å². The van der Waals surface area contributed by atoms with Crippen molar-refractivity contribution in [3.05, 3.63) is 15.6 Å². The molecular formula is C11H18N2O2S. The van der Waals surface area contributed by atoms with Gasteiger partial charge >= 0.3 is 5.97 Å². The molecule has 0 fully saturated rings. The van der Waals surface area contributed by atoms with Gasteiger partial charge in [-0.15, -0.1) is 11.3 Å². The molecule has 0 aromatic carbocycles. The van der Waals surface area contributed by atoms with Gasteiger partial charge in [0.05, 0.1) is 17.1 Å². The number of hydrogen-bond donors (Lipinski definition) is 2. The number of aliphatic carboxylic acids is 1. The van der Waals surface area contributed by atoms with Crippen LogP contribution < -0.4 is 5.32 Å². The third-order valence-corrected chi connectivity index (χ3v) is 3.36. The molecule has 2 N–H and O–H groups in total. The van der Waals surface area contributed by atoms with Gasteiger partial charge in [-0.25, -0.2) is 4.98 Å². The van der Waals surface area contributed by atoms with E-state index in [1.165, 1.54) is 11.3 Å². The van der Waals surface area contributed by atoms with E-state index in [2.05, 4.69) is 24.1 Å². The molecule has 0 radical (unpaired) electrons. The van der Waals surface area contributed by atoms with Crippen LogP contribution in [-0.4, -0.2) is 28.6 Å². The maximum absolute atomic E-state index is 10.6. The molecule has 0 aliphatic rings. The molecule has 4 nitrogen and oxygen atoms in total. The van der Waals surface area contributed by atoms with Crippen molar-refractivity contribution in [3.63, 3.8) is 0 Å². The minimum atomic E-state index is -0.793. The van der Waals surface area contributed by atoms with Gasteiger partial charge in [0.1, 0.15) is 0 Å². The first-order valence-electron chi connectivity index (χ1n) is 5.39. The zero-order valence-corrected chi connectivity index (χ0v) is 10.7. The van der Waals surface area contributed by atoms with Gasteiger partial charge in [0.2, 0.25) is 0 Å². The molecule has 1 aromatic rings. The zero-order valence-electron chi connectivity index (χ0n) is 9.91. The Hall–Kier alpha value is -0.940. The minimum absolute atomic E-state index is 0.0844. The van der Waals surface area contributed by atoms with E-state index in [4.69, 9.17) is 5.11 Å². The average molecular weight is 242 g/mol. The number of thiazole rings is 1. The first-order valence-corrected chi connectivity index (χ1v) is 6.21. The Morgan fingerprint density at radius 1 is 1.56 bits per heavy atom. The standard InChI is InChI=1S/C11H18N2O2S/c1-7(2)12-5-4-10-13-8(3)9(16-10)6-11(14)15/h7,12H,4-6H2,1-3H3,(H,14,15). The van der Waals surface area contributed by atoms with Crippen LogP contribution in [0.15, 0.2) is 0 Å². The lowest BCUT2D eigenvalue weighted by atomic mass is 10.3. The summed E-state index contributed by atoms with van der Waals surface area (Å²) in [6.07, 6.45) is 0.949. The van der Waals surface area contributed by atoms with E-state index in [0.717, 1.165) is 28.5 Å². The number of rotatable bonds is 6. The van der Waals surface area contributed by atoms with Gasteiger partial charge in [0.25, 0.3) is 0 Å². The van der Waals surface area contributed by atoms with Gasteiger partial charge < -0.3 is 10.4 Å². The Balaban J connectivity index is 2.52. The summed E-state index contributed by atoms with van der Waals surface area (Å²) in [6.45, 7) is 6.96. The Labute approximate surface area is 99.7 Å². The largest absolute Gasteiger partial charge is 0.481 e. The van der Waals surface area contributed by atoms with Crippen molar-refractivity contribution in [2.24, 2.45) is 0 Å². The summed E-state index contributed by atoms with van der Waals surface area (Å²) in [6, 6.07) is 0.472. The summed E-state index contributed by atoms with van der Waals surface area (Å²) in [5, 5.41) is 13.0. The molecule has 0 aliphatic carbocycles. The molecule has 0 spiro atoms. The van der Waals surface area contributed by atoms with Gasteiger partial charge in [-0.2, -0.15) is 0 Å². The molecule has 0 saturated heterocycles. The quantitative estimate of drug-likeness (QED) is 0.795. The third-order valence-electron chi connectivity index (χ3n) is 2.14. The maximum atomic E-state index is 10.6. The van der Waals surface area contributed by atoms with Gasteiger partial charge in [-0.05, 0) is 6.92 Å². The Morgan fingerprint density at radius 3 is 2.81 bits per heavy atom. The second kappa shape index (κ2) is 5.96. The first kappa shape index (κ1) is 13.1. The molecule has 1 aromatic heterocycles. The molecule has 0 saturated carbocycles. The van der Waals surface area contributed by atoms with E-state index in [-0.39, 0.29) is 6.42 Å². The maximum Gasteiger partial charge on any atom is 0.308 e. The van der Waals surface area contributed by atoms with Crippen molar-refractivity contribution < 1.29 is 9.90 Å². The van der Waals surface area contributed by atoms with Crippen LogP contribution >= 0.6 is 11.3 Å². The molecule has 0 unspecified atom stereocenters. The second-order valence-electron chi connectivity index (χ2n) is 4.05. The number of carboxylic acids is 1. The molecule has 1 rings (SSSR count). The number of carboxylic acid groups (broad SMARTS) is 1. The van der Waals surface area contributed by atoms with Crippen molar-refractivity contribution >= 4 is 17.3 Å².